The second-order valence-electron chi connectivity index (χ2n) is 30.9. The number of rotatable bonds is 42. The second kappa shape index (κ2) is 50.1. The minimum Gasteiger partial charge on any atom is -0.467 e. The first kappa shape index (κ1) is 99.1. The molecule has 39 nitrogen and oxygen atoms in total. The Labute approximate surface area is 759 Å². The molecule has 704 valence electrons. The molecule has 7 aromatic carbocycles. The number of alkyl carbamates (subject to hydrolysis) is 1. The van der Waals surface area contributed by atoms with E-state index >= 15 is 9.59 Å². The Morgan fingerprint density at radius 2 is 0.606 bits per heavy atom. The smallest absolute Gasteiger partial charge is 0.407 e. The highest BCUT2D eigenvalue weighted by Gasteiger charge is 2.62. The maximum absolute atomic E-state index is 15.2. The van der Waals surface area contributed by atoms with Gasteiger partial charge in [-0.05, 0) is 50.0 Å². The minimum atomic E-state index is -2.17. The van der Waals surface area contributed by atoms with E-state index in [1.165, 1.54) is 14.0 Å². The van der Waals surface area contributed by atoms with Gasteiger partial charge in [-0.1, -0.05) is 223 Å². The molecule has 5 heterocycles. The minimum absolute atomic E-state index is 0.0534. The average Bonchev–Trinajstić information content (AvgIpc) is 0.753. The molecule has 25 atom stereocenters. The molecule has 7 aromatic rings. The number of benzene rings is 7. The molecule has 1 amide bonds. The predicted molar refractivity (Wildman–Crippen MR) is 454 cm³/mol. The van der Waals surface area contributed by atoms with Gasteiger partial charge < -0.3 is 119 Å². The molecule has 1 N–H and O–H groups in total. The van der Waals surface area contributed by atoms with Gasteiger partial charge in [0.1, 0.15) is 130 Å². The van der Waals surface area contributed by atoms with Gasteiger partial charge >= 0.3 is 47.9 Å². The fourth-order valence-electron chi connectivity index (χ4n) is 15.6. The van der Waals surface area contributed by atoms with Crippen molar-refractivity contribution < 1.29 is 152 Å². The summed E-state index contributed by atoms with van der Waals surface area (Å²) >= 11 is 0. The molecule has 5 aliphatic heterocycles. The zero-order chi connectivity index (χ0) is 93.4. The van der Waals surface area contributed by atoms with E-state index in [0.717, 1.165) is 41.9 Å². The van der Waals surface area contributed by atoms with E-state index in [-0.39, 0.29) is 46.2 Å². The highest BCUT2D eigenvalue weighted by Crippen LogP contribution is 2.43. The van der Waals surface area contributed by atoms with Gasteiger partial charge in [0.15, 0.2) is 49.8 Å². The Morgan fingerprint density at radius 3 is 0.962 bits per heavy atom. The molecule has 5 fully saturated rings. The molecule has 12 rings (SSSR count). The van der Waals surface area contributed by atoms with Gasteiger partial charge in [-0.2, -0.15) is 0 Å². The molecule has 0 bridgehead atoms. The van der Waals surface area contributed by atoms with Crippen molar-refractivity contribution in [1.29, 1.82) is 0 Å². The van der Waals surface area contributed by atoms with Crippen LogP contribution in [-0.4, -0.2) is 242 Å². The van der Waals surface area contributed by atoms with E-state index in [0.29, 0.717) is 38.9 Å². The van der Waals surface area contributed by atoms with Gasteiger partial charge in [-0.3, -0.25) is 24.0 Å². The first-order valence-electron chi connectivity index (χ1n) is 42.4. The lowest BCUT2D eigenvalue weighted by Crippen LogP contribution is -2.70. The summed E-state index contributed by atoms with van der Waals surface area (Å²) in [6, 6.07) is 56.7. The van der Waals surface area contributed by atoms with Crippen LogP contribution in [0.1, 0.15) is 73.6 Å². The lowest BCUT2D eigenvalue weighted by molar-refractivity contribution is -0.382. The molecule has 5 saturated heterocycles. The molecule has 5 aliphatic rings. The zero-order valence-electron chi connectivity index (χ0n) is 73.5. The van der Waals surface area contributed by atoms with Crippen molar-refractivity contribution in [2.75, 3.05) is 41.2 Å². The Kier molecular flexibility index (Phi) is 37.6. The van der Waals surface area contributed by atoms with Crippen LogP contribution in [0.3, 0.4) is 0 Å². The van der Waals surface area contributed by atoms with Crippen molar-refractivity contribution in [3.8, 4) is 0 Å². The molecular formula is C93H105N7O32. The monoisotopic (exact) mass is 1830 g/mol. The normalized spacial score (nSPS) is 28.5. The maximum atomic E-state index is 15.2. The van der Waals surface area contributed by atoms with Crippen LogP contribution < -0.4 is 5.32 Å². The summed E-state index contributed by atoms with van der Waals surface area (Å²) < 4.78 is 155. The second-order valence-corrected chi connectivity index (χ2v) is 30.9. The summed E-state index contributed by atoms with van der Waals surface area (Å²) in [5, 5.41) is 11.2. The zero-order valence-corrected chi connectivity index (χ0v) is 73.5. The van der Waals surface area contributed by atoms with E-state index in [4.69, 9.17) is 114 Å². The largest absolute Gasteiger partial charge is 0.467 e. The Bertz CT molecular complexity index is 4930. The maximum Gasteiger partial charge on any atom is 0.407 e. The SMILES string of the molecule is COC(=O)C1OC(OC2C(COC(C)=O)OC(OC3C(C(=O)OC)OC(OC4C(COC(C)=O)OC(OC)C(NC(=O)OCc5ccccc5)C4OCc4ccccc4)C(OC(C)=O)C3OCc3ccccc3)C(N=[N+]=[N-])C2OC(C)=O)C(OCc2ccccc2)C(OCc2ccccc2)C1OC1OC(COC(C)=O)C(OCc2ccccc2)C(OCc2ccccc2)C1N=[N+]=[N-]. The summed E-state index contributed by atoms with van der Waals surface area (Å²) in [7, 11) is 3.34. The van der Waals surface area contributed by atoms with E-state index < -0.39 is 221 Å². The van der Waals surface area contributed by atoms with Gasteiger partial charge in [0.2, 0.25) is 0 Å². The summed E-state index contributed by atoms with van der Waals surface area (Å²) in [6.45, 7) is 1.96. The van der Waals surface area contributed by atoms with Gasteiger partial charge in [0.25, 0.3) is 0 Å². The first-order valence-corrected chi connectivity index (χ1v) is 42.4. The predicted octanol–water partition coefficient (Wildman–Crippen LogP) is 9.86. The summed E-state index contributed by atoms with van der Waals surface area (Å²) in [5.41, 5.74) is 25.8. The third-order valence-electron chi connectivity index (χ3n) is 21.7. The summed E-state index contributed by atoms with van der Waals surface area (Å²) in [6.07, 6.45) is -40.0. The van der Waals surface area contributed by atoms with E-state index in [1.54, 1.807) is 176 Å². The molecule has 0 aromatic heterocycles. The number of esters is 7. The number of ether oxygens (including phenoxy) is 24. The number of amides is 1. The Balaban J connectivity index is 0.948. The third kappa shape index (κ3) is 27.6. The van der Waals surface area contributed by atoms with Crippen molar-refractivity contribution in [2.45, 2.75) is 234 Å². The topological polar surface area (TPSA) is 468 Å². The molecule has 25 unspecified atom stereocenters. The number of carbonyl (C=O) groups excluding carboxylic acids is 8. The number of nitrogens with zero attached hydrogens (tertiary/aromatic N) is 6. The fourth-order valence-corrected chi connectivity index (χ4v) is 15.6. The van der Waals surface area contributed by atoms with Crippen LogP contribution in [0.2, 0.25) is 0 Å². The lowest BCUT2D eigenvalue weighted by Gasteiger charge is -2.51. The number of methoxy groups -OCH3 is 3. The molecule has 39 heteroatoms. The van der Waals surface area contributed by atoms with Gasteiger partial charge in [0, 0.05) is 51.6 Å². The van der Waals surface area contributed by atoms with E-state index in [2.05, 4.69) is 25.4 Å². The van der Waals surface area contributed by atoms with Crippen molar-refractivity contribution in [3.05, 3.63) is 272 Å². The fraction of sp³-hybridized carbons (Fsp3) is 0.462. The highest BCUT2D eigenvalue weighted by molar-refractivity contribution is 5.76. The summed E-state index contributed by atoms with van der Waals surface area (Å²) in [4.78, 5) is 118. The van der Waals surface area contributed by atoms with Crippen LogP contribution in [0.15, 0.2) is 223 Å². The Morgan fingerprint density at radius 1 is 0.311 bits per heavy atom. The number of azide groups is 2. The van der Waals surface area contributed by atoms with E-state index in [9.17, 15) is 39.8 Å². The number of carbonyl (C=O) groups is 8. The van der Waals surface area contributed by atoms with Crippen LogP contribution in [0.5, 0.6) is 0 Å². The van der Waals surface area contributed by atoms with Crippen LogP contribution >= 0.6 is 0 Å². The number of hydrogen-bond donors (Lipinski definition) is 1. The highest BCUT2D eigenvalue weighted by atomic mass is 16.8. The molecule has 0 spiro atoms. The van der Waals surface area contributed by atoms with Crippen molar-refractivity contribution in [3.63, 3.8) is 0 Å². The first-order chi connectivity index (χ1) is 64.1. The van der Waals surface area contributed by atoms with Crippen molar-refractivity contribution in [2.24, 2.45) is 10.2 Å². The molecule has 0 saturated carbocycles. The lowest BCUT2D eigenvalue weighted by atomic mass is 9.93. The Hall–Kier alpha value is -11.9. The third-order valence-corrected chi connectivity index (χ3v) is 21.7. The number of hydrogen-bond acceptors (Lipinski definition) is 34. The quantitative estimate of drug-likeness (QED) is 0.0122. The van der Waals surface area contributed by atoms with E-state index in [1.807, 2.05) is 36.4 Å². The van der Waals surface area contributed by atoms with Crippen LogP contribution in [0.4, 0.5) is 4.79 Å². The van der Waals surface area contributed by atoms with Gasteiger partial charge in [-0.15, -0.1) is 0 Å². The van der Waals surface area contributed by atoms with Crippen LogP contribution in [-0.2, 0) is 193 Å². The number of nitrogens with one attached hydrogen (secondary N) is 1. The molecule has 132 heavy (non-hydrogen) atoms. The van der Waals surface area contributed by atoms with Gasteiger partial charge in [0.05, 0.1) is 53.9 Å². The van der Waals surface area contributed by atoms with Crippen molar-refractivity contribution in [1.82, 2.24) is 5.32 Å². The standard InChI is InChI=1S/C93H105N7O32/c1-54(101)112-51-66-72(115-44-59-30-16-9-17-31-59)76(117-46-61-34-20-11-21-35-61)70(97-99-94)89(125-66)129-80-78(118-47-62-36-22-12-23-37-62)84(120-49-64-40-26-14-27-41-64)91(131-82(80)86(106)109-6)128-74-68(53-114-56(3)103)126-90(71(98-100-95)77(74)122-57(4)104)130-81-79(119-48-63-38-24-13-25-39-63)85(123-58(5)105)92(132-83(81)87(107)110-7)127-73-67(52-113-55(2)102)124-88(111-8)69(75(73)116-45-60-32-18-10-19-33-60)96-93(108)121-50-65-42-28-15-29-43-65/h9-43,66-85,88-92H,44-53H2,1-8H3,(H,96,108). The van der Waals surface area contributed by atoms with Gasteiger partial charge in [-0.25, -0.2) is 14.4 Å². The molecule has 0 radical (unpaired) electrons. The van der Waals surface area contributed by atoms with Crippen molar-refractivity contribution >= 4 is 47.9 Å². The van der Waals surface area contributed by atoms with Crippen LogP contribution in [0, 0.1) is 0 Å². The molecule has 0 aliphatic carbocycles. The summed E-state index contributed by atoms with van der Waals surface area (Å²) in [5.74, 6) is -6.88. The average molecular weight is 1830 g/mol. The molecular weight excluding hydrogens is 1730 g/mol. The van der Waals surface area contributed by atoms with Crippen LogP contribution in [0.25, 0.3) is 20.9 Å².